The molecule has 0 saturated carbocycles. The molecule has 3 rings (SSSR count). The molecule has 1 heterocycles. The van der Waals surface area contributed by atoms with Gasteiger partial charge < -0.3 is 10.6 Å². The number of fused-ring (bicyclic) bond motifs is 1. The van der Waals surface area contributed by atoms with Gasteiger partial charge >= 0.3 is 0 Å². The first-order chi connectivity index (χ1) is 15.6. The van der Waals surface area contributed by atoms with E-state index in [0.29, 0.717) is 30.5 Å². The monoisotopic (exact) mass is 431 g/mol. The van der Waals surface area contributed by atoms with Gasteiger partial charge in [-0.2, -0.15) is 0 Å². The van der Waals surface area contributed by atoms with Crippen LogP contribution in [-0.2, 0) is 9.59 Å². The van der Waals surface area contributed by atoms with Crippen molar-refractivity contribution in [3.8, 4) is 0 Å². The molecule has 6 nitrogen and oxygen atoms in total. The van der Waals surface area contributed by atoms with Gasteiger partial charge in [0.1, 0.15) is 11.8 Å². The Bertz CT molecular complexity index is 1070. The maximum atomic E-state index is 13.0. The summed E-state index contributed by atoms with van der Waals surface area (Å²) in [7, 11) is 0. The van der Waals surface area contributed by atoms with Crippen LogP contribution in [-0.4, -0.2) is 28.6 Å². The first-order valence-electron chi connectivity index (χ1n) is 11.1. The molecule has 0 unspecified atom stereocenters. The second kappa shape index (κ2) is 11.7. The third kappa shape index (κ3) is 6.74. The van der Waals surface area contributed by atoms with Crippen LogP contribution in [0.4, 0.5) is 5.69 Å². The van der Waals surface area contributed by atoms with Gasteiger partial charge in [0.2, 0.25) is 5.91 Å². The number of benzene rings is 2. The minimum absolute atomic E-state index is 0.250. The molecule has 0 aliphatic heterocycles. The fourth-order valence-corrected chi connectivity index (χ4v) is 3.53. The number of amides is 2. The van der Waals surface area contributed by atoms with Gasteiger partial charge in [-0.15, -0.1) is 0 Å². The lowest BCUT2D eigenvalue weighted by Crippen LogP contribution is -2.43. The van der Waals surface area contributed by atoms with E-state index in [0.717, 1.165) is 30.0 Å². The Hall–Kier alpha value is -3.54. The molecule has 0 bridgehead atoms. The second-order valence-electron chi connectivity index (χ2n) is 7.81. The number of carbonyl (C=O) groups is 3. The number of hydrogen-bond acceptors (Lipinski definition) is 4. The van der Waals surface area contributed by atoms with Crippen molar-refractivity contribution in [2.45, 2.75) is 51.5 Å². The summed E-state index contributed by atoms with van der Waals surface area (Å²) in [4.78, 5) is 41.1. The molecule has 3 aromatic rings. The van der Waals surface area contributed by atoms with Crippen molar-refractivity contribution < 1.29 is 14.4 Å². The molecule has 1 atom stereocenters. The van der Waals surface area contributed by atoms with E-state index in [9.17, 15) is 14.4 Å². The van der Waals surface area contributed by atoms with Crippen molar-refractivity contribution in [2.75, 3.05) is 5.32 Å². The number of rotatable bonds is 11. The van der Waals surface area contributed by atoms with Crippen LogP contribution >= 0.6 is 0 Å². The first kappa shape index (κ1) is 23.1. The summed E-state index contributed by atoms with van der Waals surface area (Å²) in [6.07, 6.45) is 7.04. The zero-order chi connectivity index (χ0) is 22.8. The van der Waals surface area contributed by atoms with Crippen molar-refractivity contribution >= 4 is 34.1 Å². The molecule has 0 spiro atoms. The van der Waals surface area contributed by atoms with Gasteiger partial charge in [0.15, 0.2) is 0 Å². The lowest BCUT2D eigenvalue weighted by Gasteiger charge is -2.19. The van der Waals surface area contributed by atoms with Crippen LogP contribution in [0.2, 0.25) is 0 Å². The van der Waals surface area contributed by atoms with E-state index < -0.39 is 6.04 Å². The maximum Gasteiger partial charge on any atom is 0.253 e. The number of ketones is 1. The SMILES string of the molecule is CCC(=O)CCCCC[C@H](NC(=O)c1cccnc1)C(=O)Nc1ccc2ccccc2c1. The highest BCUT2D eigenvalue weighted by molar-refractivity contribution is 6.01. The van der Waals surface area contributed by atoms with Crippen molar-refractivity contribution in [1.29, 1.82) is 0 Å². The van der Waals surface area contributed by atoms with E-state index in [1.54, 1.807) is 18.3 Å². The molecule has 0 radical (unpaired) electrons. The van der Waals surface area contributed by atoms with Crippen LogP contribution in [0.1, 0.15) is 55.8 Å². The summed E-state index contributed by atoms with van der Waals surface area (Å²) >= 11 is 0. The lowest BCUT2D eigenvalue weighted by atomic mass is 10.0. The number of unbranched alkanes of at least 4 members (excludes halogenated alkanes) is 2. The zero-order valence-corrected chi connectivity index (χ0v) is 18.3. The fourth-order valence-electron chi connectivity index (χ4n) is 3.53. The second-order valence-corrected chi connectivity index (χ2v) is 7.81. The standard InChI is InChI=1S/C26H29N3O3/c1-2-23(30)12-4-3-5-13-24(29-25(31)21-11-8-16-27-18-21)26(32)28-22-15-14-19-9-6-7-10-20(19)17-22/h6-11,14-18,24H,2-5,12-13H2,1H3,(H,28,32)(H,29,31)/t24-/m0/s1. The molecule has 1 aromatic heterocycles. The molecule has 0 fully saturated rings. The molecule has 0 saturated heterocycles. The van der Waals surface area contributed by atoms with Crippen LogP contribution in [0.15, 0.2) is 67.0 Å². The smallest absolute Gasteiger partial charge is 0.253 e. The number of aromatic nitrogens is 1. The van der Waals surface area contributed by atoms with Crippen LogP contribution < -0.4 is 10.6 Å². The Kier molecular flexibility index (Phi) is 8.49. The Morgan fingerprint density at radius 2 is 1.75 bits per heavy atom. The van der Waals surface area contributed by atoms with E-state index in [1.807, 2.05) is 49.4 Å². The van der Waals surface area contributed by atoms with E-state index in [2.05, 4.69) is 15.6 Å². The van der Waals surface area contributed by atoms with Crippen LogP contribution in [0.3, 0.4) is 0 Å². The average molecular weight is 432 g/mol. The zero-order valence-electron chi connectivity index (χ0n) is 18.3. The van der Waals surface area contributed by atoms with Gasteiger partial charge in [0.25, 0.3) is 5.91 Å². The molecule has 2 aromatic carbocycles. The number of Topliss-reactive ketones (excluding diaryl/α,β-unsaturated/α-hetero) is 1. The van der Waals surface area contributed by atoms with Gasteiger partial charge in [-0.25, -0.2) is 0 Å². The van der Waals surface area contributed by atoms with Gasteiger partial charge in [-0.05, 0) is 47.9 Å². The van der Waals surface area contributed by atoms with E-state index in [-0.39, 0.29) is 17.6 Å². The normalized spacial score (nSPS) is 11.7. The Morgan fingerprint density at radius 1 is 0.938 bits per heavy atom. The summed E-state index contributed by atoms with van der Waals surface area (Å²) in [5.74, 6) is -0.347. The first-order valence-corrected chi connectivity index (χ1v) is 11.1. The highest BCUT2D eigenvalue weighted by Crippen LogP contribution is 2.19. The predicted octanol–water partition coefficient (Wildman–Crippen LogP) is 4.90. The van der Waals surface area contributed by atoms with Gasteiger partial charge in [-0.1, -0.05) is 50.1 Å². The van der Waals surface area contributed by atoms with Gasteiger partial charge in [0.05, 0.1) is 5.56 Å². The van der Waals surface area contributed by atoms with E-state index >= 15 is 0 Å². The summed E-state index contributed by atoms with van der Waals surface area (Å²) < 4.78 is 0. The number of carbonyl (C=O) groups excluding carboxylic acids is 3. The largest absolute Gasteiger partial charge is 0.340 e. The van der Waals surface area contributed by atoms with Crippen molar-refractivity contribution in [3.05, 3.63) is 72.6 Å². The Labute approximate surface area is 188 Å². The van der Waals surface area contributed by atoms with E-state index in [1.165, 1.54) is 6.20 Å². The minimum Gasteiger partial charge on any atom is -0.340 e. The van der Waals surface area contributed by atoms with Crippen molar-refractivity contribution in [3.63, 3.8) is 0 Å². The molecule has 6 heteroatoms. The third-order valence-electron chi connectivity index (χ3n) is 5.41. The summed E-state index contributed by atoms with van der Waals surface area (Å²) in [6.45, 7) is 1.86. The van der Waals surface area contributed by atoms with Gasteiger partial charge in [-0.3, -0.25) is 19.4 Å². The molecular formula is C26H29N3O3. The summed E-state index contributed by atoms with van der Waals surface area (Å²) in [5.41, 5.74) is 1.09. The van der Waals surface area contributed by atoms with Gasteiger partial charge in [0, 0.05) is 30.9 Å². The molecule has 2 N–H and O–H groups in total. The fraction of sp³-hybridized carbons (Fsp3) is 0.308. The molecule has 166 valence electrons. The van der Waals surface area contributed by atoms with E-state index in [4.69, 9.17) is 0 Å². The Balaban J connectivity index is 1.65. The third-order valence-corrected chi connectivity index (χ3v) is 5.41. The topological polar surface area (TPSA) is 88.2 Å². The number of anilines is 1. The van der Waals surface area contributed by atoms with Crippen LogP contribution in [0.5, 0.6) is 0 Å². The van der Waals surface area contributed by atoms with Crippen LogP contribution in [0.25, 0.3) is 10.8 Å². The lowest BCUT2D eigenvalue weighted by molar-refractivity contribution is -0.119. The molecule has 2 amide bonds. The highest BCUT2D eigenvalue weighted by Gasteiger charge is 2.21. The minimum atomic E-state index is -0.684. The predicted molar refractivity (Wildman–Crippen MR) is 126 cm³/mol. The summed E-state index contributed by atoms with van der Waals surface area (Å²) in [6, 6.07) is 16.3. The average Bonchev–Trinajstić information content (AvgIpc) is 2.83. The quantitative estimate of drug-likeness (QED) is 0.423. The highest BCUT2D eigenvalue weighted by atomic mass is 16.2. The van der Waals surface area contributed by atoms with Crippen LogP contribution in [0, 0.1) is 0 Å². The Morgan fingerprint density at radius 3 is 2.50 bits per heavy atom. The maximum absolute atomic E-state index is 13.0. The molecule has 0 aliphatic carbocycles. The summed E-state index contributed by atoms with van der Waals surface area (Å²) in [5, 5.41) is 7.90. The number of nitrogens with one attached hydrogen (secondary N) is 2. The van der Waals surface area contributed by atoms with Crippen molar-refractivity contribution in [1.82, 2.24) is 10.3 Å². The van der Waals surface area contributed by atoms with Crippen molar-refractivity contribution in [2.24, 2.45) is 0 Å². The molecule has 32 heavy (non-hydrogen) atoms. The number of hydrogen-bond donors (Lipinski definition) is 2. The molecular weight excluding hydrogens is 402 g/mol. The number of pyridine rings is 1. The number of nitrogens with zero attached hydrogens (tertiary/aromatic N) is 1. The molecule has 0 aliphatic rings.